The van der Waals surface area contributed by atoms with Gasteiger partial charge in [-0.15, -0.1) is 0 Å². The van der Waals surface area contributed by atoms with E-state index < -0.39 is 29.9 Å². The minimum absolute atomic E-state index is 0.0174. The van der Waals surface area contributed by atoms with Gasteiger partial charge in [-0.05, 0) is 31.5 Å². The van der Waals surface area contributed by atoms with Crippen LogP contribution in [0.1, 0.15) is 52.3 Å². The number of rotatable bonds is 7. The molecule has 1 unspecified atom stereocenters. The number of halogens is 4. The number of hydrogen-bond donors (Lipinski definition) is 3. The van der Waals surface area contributed by atoms with Crippen LogP contribution in [0.25, 0.3) is 0 Å². The lowest BCUT2D eigenvalue weighted by Crippen LogP contribution is -2.25. The molecular formula is C20H19ClF3N5O4. The summed E-state index contributed by atoms with van der Waals surface area (Å²) in [6.45, 7) is 2.95. The van der Waals surface area contributed by atoms with E-state index in [1.165, 1.54) is 38.6 Å². The van der Waals surface area contributed by atoms with Crippen LogP contribution in [0.4, 0.5) is 18.9 Å². The summed E-state index contributed by atoms with van der Waals surface area (Å²) in [5.41, 5.74) is -0.564. The summed E-state index contributed by atoms with van der Waals surface area (Å²) in [7, 11) is 1.36. The summed E-state index contributed by atoms with van der Waals surface area (Å²) in [6.07, 6.45) is -4.71. The van der Waals surface area contributed by atoms with Crippen molar-refractivity contribution in [3.63, 3.8) is 0 Å². The zero-order valence-corrected chi connectivity index (χ0v) is 18.3. The zero-order valence-electron chi connectivity index (χ0n) is 17.6. The maximum Gasteiger partial charge on any atom is 0.416 e. The van der Waals surface area contributed by atoms with E-state index in [2.05, 4.69) is 25.8 Å². The van der Waals surface area contributed by atoms with E-state index in [9.17, 15) is 23.1 Å². The van der Waals surface area contributed by atoms with Gasteiger partial charge in [0.2, 0.25) is 11.6 Å². The van der Waals surface area contributed by atoms with Crippen molar-refractivity contribution in [1.82, 2.24) is 20.4 Å². The van der Waals surface area contributed by atoms with Crippen LogP contribution >= 0.6 is 11.6 Å². The molecule has 3 aromatic rings. The van der Waals surface area contributed by atoms with Crippen LogP contribution < -0.4 is 15.4 Å². The standard InChI is InChI=1S/C20H19ClF3N5O4/c1-9-4-5-11(6-12(9)20(22,23)24)28-17(30)14-7-13(29-33-14)10(2)27-18(31)16-15(21)19(32-3)26-8-25-16/h4-8,10,18,27,31H,1-3H3,(H,28,30)/t10-,18?/m1/s1. The molecule has 0 saturated heterocycles. The first kappa shape index (κ1) is 24.4. The van der Waals surface area contributed by atoms with Gasteiger partial charge in [0.15, 0.2) is 0 Å². The van der Waals surface area contributed by atoms with E-state index in [0.717, 1.165) is 6.07 Å². The SMILES string of the molecule is COc1ncnc(C(O)N[C@H](C)c2cc(C(=O)Nc3ccc(C)c(C(F)(F)F)c3)on2)c1Cl. The van der Waals surface area contributed by atoms with Gasteiger partial charge in [-0.1, -0.05) is 22.8 Å². The number of aliphatic hydroxyl groups excluding tert-OH is 1. The number of hydrogen-bond acceptors (Lipinski definition) is 8. The Bertz CT molecular complexity index is 1150. The van der Waals surface area contributed by atoms with Crippen molar-refractivity contribution < 1.29 is 32.3 Å². The van der Waals surface area contributed by atoms with Crippen LogP contribution in [0.3, 0.4) is 0 Å². The number of nitrogens with zero attached hydrogens (tertiary/aromatic N) is 3. The van der Waals surface area contributed by atoms with Crippen LogP contribution in [-0.4, -0.2) is 33.2 Å². The molecule has 2 aromatic heterocycles. The molecule has 0 bridgehead atoms. The Balaban J connectivity index is 1.70. The highest BCUT2D eigenvalue weighted by atomic mass is 35.5. The van der Waals surface area contributed by atoms with Gasteiger partial charge in [0.25, 0.3) is 5.91 Å². The summed E-state index contributed by atoms with van der Waals surface area (Å²) < 4.78 is 49.2. The molecule has 1 aromatic carbocycles. The Hall–Kier alpha value is -3.22. The molecule has 0 saturated carbocycles. The topological polar surface area (TPSA) is 122 Å². The molecule has 9 nitrogen and oxygen atoms in total. The Morgan fingerprint density at radius 3 is 2.67 bits per heavy atom. The molecule has 3 N–H and O–H groups in total. The number of amides is 1. The van der Waals surface area contributed by atoms with Crippen molar-refractivity contribution >= 4 is 23.2 Å². The number of anilines is 1. The normalized spacial score (nSPS) is 13.5. The van der Waals surface area contributed by atoms with Gasteiger partial charge in [0.1, 0.15) is 29.0 Å². The fourth-order valence-electron chi connectivity index (χ4n) is 2.90. The Morgan fingerprint density at radius 2 is 2.00 bits per heavy atom. The van der Waals surface area contributed by atoms with Crippen LogP contribution in [0.5, 0.6) is 5.88 Å². The first-order chi connectivity index (χ1) is 15.5. The number of alkyl halides is 3. The summed E-state index contributed by atoms with van der Waals surface area (Å²) in [4.78, 5) is 20.2. The average Bonchev–Trinajstić information content (AvgIpc) is 3.25. The van der Waals surface area contributed by atoms with Crippen molar-refractivity contribution in [3.8, 4) is 5.88 Å². The third-order valence-corrected chi connectivity index (χ3v) is 5.00. The number of aryl methyl sites for hydroxylation is 1. The van der Waals surface area contributed by atoms with Crippen molar-refractivity contribution in [2.24, 2.45) is 0 Å². The summed E-state index contributed by atoms with van der Waals surface area (Å²) in [5.74, 6) is -0.939. The average molecular weight is 486 g/mol. The van der Waals surface area contributed by atoms with Gasteiger partial charge in [-0.25, -0.2) is 9.97 Å². The first-order valence-corrected chi connectivity index (χ1v) is 9.83. The van der Waals surface area contributed by atoms with Crippen LogP contribution in [0.15, 0.2) is 35.1 Å². The minimum Gasteiger partial charge on any atom is -0.480 e. The first-order valence-electron chi connectivity index (χ1n) is 9.45. The monoisotopic (exact) mass is 485 g/mol. The number of carbonyl (C=O) groups is 1. The van der Waals surface area contributed by atoms with Gasteiger partial charge < -0.3 is 19.7 Å². The van der Waals surface area contributed by atoms with E-state index in [4.69, 9.17) is 20.9 Å². The van der Waals surface area contributed by atoms with E-state index in [-0.39, 0.29) is 39.3 Å². The number of methoxy groups -OCH3 is 1. The molecule has 0 aliphatic carbocycles. The van der Waals surface area contributed by atoms with Gasteiger partial charge in [0.05, 0.1) is 18.7 Å². The van der Waals surface area contributed by atoms with E-state index in [0.29, 0.717) is 0 Å². The molecule has 176 valence electrons. The Labute approximate surface area is 190 Å². The summed E-state index contributed by atoms with van der Waals surface area (Å²) in [6, 6.07) is 4.11. The lowest BCUT2D eigenvalue weighted by Gasteiger charge is -2.18. The molecule has 0 spiro atoms. The summed E-state index contributed by atoms with van der Waals surface area (Å²) in [5, 5.41) is 19.3. The highest BCUT2D eigenvalue weighted by Gasteiger charge is 2.32. The molecule has 0 radical (unpaired) electrons. The third kappa shape index (κ3) is 5.59. The van der Waals surface area contributed by atoms with Crippen LogP contribution in [0, 0.1) is 6.92 Å². The molecule has 1 amide bonds. The van der Waals surface area contributed by atoms with E-state index in [1.807, 2.05) is 0 Å². The third-order valence-electron chi connectivity index (χ3n) is 4.64. The maximum atomic E-state index is 13.1. The van der Waals surface area contributed by atoms with E-state index in [1.54, 1.807) is 6.92 Å². The predicted octanol–water partition coefficient (Wildman–Crippen LogP) is 4.05. The number of ether oxygens (including phenoxy) is 1. The van der Waals surface area contributed by atoms with Crippen molar-refractivity contribution in [3.05, 3.63) is 63.9 Å². The van der Waals surface area contributed by atoms with Crippen molar-refractivity contribution in [1.29, 1.82) is 0 Å². The highest BCUT2D eigenvalue weighted by Crippen LogP contribution is 2.33. The number of carbonyl (C=O) groups excluding carboxylic acids is 1. The largest absolute Gasteiger partial charge is 0.480 e. The second-order valence-electron chi connectivity index (χ2n) is 6.97. The quantitative estimate of drug-likeness (QED) is 0.428. The Morgan fingerprint density at radius 1 is 1.27 bits per heavy atom. The fourth-order valence-corrected chi connectivity index (χ4v) is 3.18. The smallest absolute Gasteiger partial charge is 0.416 e. The highest BCUT2D eigenvalue weighted by molar-refractivity contribution is 6.32. The Kier molecular flexibility index (Phi) is 7.20. The molecule has 0 fully saturated rings. The molecule has 13 heteroatoms. The van der Waals surface area contributed by atoms with Crippen molar-refractivity contribution in [2.45, 2.75) is 32.3 Å². The number of benzene rings is 1. The fraction of sp³-hybridized carbons (Fsp3) is 0.300. The van der Waals surface area contributed by atoms with Crippen molar-refractivity contribution in [2.75, 3.05) is 12.4 Å². The molecule has 2 heterocycles. The number of aromatic nitrogens is 3. The zero-order chi connectivity index (χ0) is 24.3. The predicted molar refractivity (Wildman–Crippen MR) is 111 cm³/mol. The van der Waals surface area contributed by atoms with Gasteiger partial charge in [0, 0.05) is 11.8 Å². The van der Waals surface area contributed by atoms with Crippen LogP contribution in [-0.2, 0) is 6.18 Å². The minimum atomic E-state index is -4.55. The molecule has 2 atom stereocenters. The second-order valence-corrected chi connectivity index (χ2v) is 7.35. The van der Waals surface area contributed by atoms with Gasteiger partial charge >= 0.3 is 6.18 Å². The second kappa shape index (κ2) is 9.73. The molecule has 0 aliphatic rings. The summed E-state index contributed by atoms with van der Waals surface area (Å²) >= 11 is 6.10. The molecule has 33 heavy (non-hydrogen) atoms. The maximum absolute atomic E-state index is 13.1. The lowest BCUT2D eigenvalue weighted by molar-refractivity contribution is -0.138. The van der Waals surface area contributed by atoms with Gasteiger partial charge in [-0.2, -0.15) is 13.2 Å². The lowest BCUT2D eigenvalue weighted by atomic mass is 10.1. The molecular weight excluding hydrogens is 467 g/mol. The molecule has 0 aliphatic heterocycles. The number of aliphatic hydroxyl groups is 1. The van der Waals surface area contributed by atoms with Gasteiger partial charge in [-0.3, -0.25) is 10.1 Å². The molecule has 3 rings (SSSR count). The van der Waals surface area contributed by atoms with Crippen LogP contribution in [0.2, 0.25) is 5.02 Å². The number of nitrogens with one attached hydrogen (secondary N) is 2. The van der Waals surface area contributed by atoms with E-state index >= 15 is 0 Å².